The lowest BCUT2D eigenvalue weighted by Crippen LogP contribution is -2.37. The molecule has 2 fully saturated rings. The molecule has 2 aliphatic rings. The van der Waals surface area contributed by atoms with E-state index in [1.54, 1.807) is 0 Å². The number of likely N-dealkylation sites (tertiary alicyclic amines) is 1. The second kappa shape index (κ2) is 6.87. The van der Waals surface area contributed by atoms with Gasteiger partial charge < -0.3 is 10.2 Å². The van der Waals surface area contributed by atoms with Gasteiger partial charge >= 0.3 is 0 Å². The number of hydrogen-bond acceptors (Lipinski definition) is 3. The number of nitrogens with zero attached hydrogens (tertiary/aromatic N) is 1. The van der Waals surface area contributed by atoms with Gasteiger partial charge in [0.2, 0.25) is 0 Å². The van der Waals surface area contributed by atoms with Crippen LogP contribution >= 0.6 is 11.8 Å². The Hall–Kier alpha value is 0.270. The van der Waals surface area contributed by atoms with Crippen LogP contribution in [0.1, 0.15) is 32.6 Å². The fourth-order valence-electron chi connectivity index (χ4n) is 2.79. The minimum absolute atomic E-state index is 0.810. The van der Waals surface area contributed by atoms with Crippen LogP contribution in [-0.4, -0.2) is 48.6 Å². The summed E-state index contributed by atoms with van der Waals surface area (Å²) in [6, 6.07) is 0.810. The van der Waals surface area contributed by atoms with Gasteiger partial charge in [-0.2, -0.15) is 11.8 Å². The summed E-state index contributed by atoms with van der Waals surface area (Å²) >= 11 is 2.10. The summed E-state index contributed by atoms with van der Waals surface area (Å²) in [6.45, 7) is 7.58. The highest BCUT2D eigenvalue weighted by Gasteiger charge is 2.16. The quantitative estimate of drug-likeness (QED) is 0.744. The van der Waals surface area contributed by atoms with E-state index in [1.165, 1.54) is 63.4 Å². The molecule has 2 heterocycles. The number of piperidine rings is 1. The second-order valence-corrected chi connectivity index (χ2v) is 6.57. The molecule has 0 aromatic rings. The molecule has 2 aliphatic heterocycles. The lowest BCUT2D eigenvalue weighted by atomic mass is 10.0. The number of nitrogens with one attached hydrogen (secondary N) is 1. The monoisotopic (exact) mass is 242 g/mol. The first-order chi connectivity index (χ1) is 7.84. The Bertz CT molecular complexity index is 192. The van der Waals surface area contributed by atoms with Gasteiger partial charge in [-0.3, -0.25) is 0 Å². The van der Waals surface area contributed by atoms with Crippen LogP contribution in [0.15, 0.2) is 0 Å². The summed E-state index contributed by atoms with van der Waals surface area (Å²) in [5.74, 6) is 3.62. The lowest BCUT2D eigenvalue weighted by Gasteiger charge is -2.30. The largest absolute Gasteiger partial charge is 0.313 e. The predicted molar refractivity (Wildman–Crippen MR) is 73.2 cm³/mol. The Balaban J connectivity index is 1.50. The molecule has 3 heteroatoms. The van der Waals surface area contributed by atoms with Crippen LogP contribution in [0.25, 0.3) is 0 Å². The zero-order valence-electron chi connectivity index (χ0n) is 10.6. The SMILES string of the molecule is CC1CCCN(CCCNC2CCSC2)C1. The summed E-state index contributed by atoms with van der Waals surface area (Å²) in [5, 5.41) is 3.68. The molecule has 94 valence electrons. The third-order valence-corrected chi connectivity index (χ3v) is 4.92. The zero-order chi connectivity index (χ0) is 11.2. The van der Waals surface area contributed by atoms with Gasteiger partial charge in [0.1, 0.15) is 0 Å². The van der Waals surface area contributed by atoms with Crippen molar-refractivity contribution in [3.05, 3.63) is 0 Å². The standard InChI is InChI=1S/C13H26N2S/c1-12-4-2-7-15(10-12)8-3-6-14-13-5-9-16-11-13/h12-14H,2-11H2,1H3. The molecular weight excluding hydrogens is 216 g/mol. The summed E-state index contributed by atoms with van der Waals surface area (Å²) < 4.78 is 0. The molecule has 2 nitrogen and oxygen atoms in total. The highest BCUT2D eigenvalue weighted by Crippen LogP contribution is 2.17. The van der Waals surface area contributed by atoms with Gasteiger partial charge in [-0.25, -0.2) is 0 Å². The minimum Gasteiger partial charge on any atom is -0.313 e. The predicted octanol–water partition coefficient (Wildman–Crippen LogP) is 2.20. The van der Waals surface area contributed by atoms with Crippen LogP contribution in [0.5, 0.6) is 0 Å². The molecule has 0 saturated carbocycles. The van der Waals surface area contributed by atoms with E-state index in [4.69, 9.17) is 0 Å². The van der Waals surface area contributed by atoms with Crippen LogP contribution in [0, 0.1) is 5.92 Å². The van der Waals surface area contributed by atoms with Gasteiger partial charge in [-0.15, -0.1) is 0 Å². The Morgan fingerprint density at radius 2 is 2.31 bits per heavy atom. The molecule has 2 saturated heterocycles. The second-order valence-electron chi connectivity index (χ2n) is 5.42. The molecule has 2 unspecified atom stereocenters. The molecule has 0 spiro atoms. The average Bonchev–Trinajstić information content (AvgIpc) is 2.77. The number of rotatable bonds is 5. The maximum atomic E-state index is 3.68. The molecule has 0 aliphatic carbocycles. The van der Waals surface area contributed by atoms with Gasteiger partial charge in [0.15, 0.2) is 0 Å². The van der Waals surface area contributed by atoms with E-state index in [-0.39, 0.29) is 0 Å². The van der Waals surface area contributed by atoms with Crippen molar-refractivity contribution in [3.8, 4) is 0 Å². The molecule has 2 atom stereocenters. The van der Waals surface area contributed by atoms with Crippen molar-refractivity contribution < 1.29 is 0 Å². The van der Waals surface area contributed by atoms with Crippen molar-refractivity contribution in [2.45, 2.75) is 38.6 Å². The van der Waals surface area contributed by atoms with Crippen molar-refractivity contribution in [2.75, 3.05) is 37.7 Å². The Morgan fingerprint density at radius 3 is 3.06 bits per heavy atom. The first-order valence-corrected chi connectivity index (χ1v) is 8.03. The van der Waals surface area contributed by atoms with Crippen LogP contribution in [-0.2, 0) is 0 Å². The van der Waals surface area contributed by atoms with Gasteiger partial charge in [0, 0.05) is 18.3 Å². The molecule has 16 heavy (non-hydrogen) atoms. The lowest BCUT2D eigenvalue weighted by molar-refractivity contribution is 0.181. The highest BCUT2D eigenvalue weighted by molar-refractivity contribution is 7.99. The number of thioether (sulfide) groups is 1. The van der Waals surface area contributed by atoms with Crippen molar-refractivity contribution in [1.82, 2.24) is 10.2 Å². The third-order valence-electron chi connectivity index (χ3n) is 3.75. The maximum absolute atomic E-state index is 3.68. The van der Waals surface area contributed by atoms with Crippen LogP contribution in [0.3, 0.4) is 0 Å². The van der Waals surface area contributed by atoms with Gasteiger partial charge in [0.25, 0.3) is 0 Å². The van der Waals surface area contributed by atoms with Crippen molar-refractivity contribution in [1.29, 1.82) is 0 Å². The Kier molecular flexibility index (Phi) is 5.46. The smallest absolute Gasteiger partial charge is 0.0166 e. The molecule has 0 amide bonds. The topological polar surface area (TPSA) is 15.3 Å². The Morgan fingerprint density at radius 1 is 1.38 bits per heavy atom. The molecule has 0 radical (unpaired) electrons. The maximum Gasteiger partial charge on any atom is 0.0166 e. The van der Waals surface area contributed by atoms with Crippen LogP contribution < -0.4 is 5.32 Å². The van der Waals surface area contributed by atoms with Crippen molar-refractivity contribution >= 4 is 11.8 Å². The molecule has 0 bridgehead atoms. The summed E-state index contributed by atoms with van der Waals surface area (Å²) in [4.78, 5) is 2.65. The van der Waals surface area contributed by atoms with E-state index in [0.29, 0.717) is 0 Å². The zero-order valence-corrected chi connectivity index (χ0v) is 11.4. The van der Waals surface area contributed by atoms with Gasteiger partial charge in [0.05, 0.1) is 0 Å². The molecule has 1 N–H and O–H groups in total. The molecular formula is C13H26N2S. The highest BCUT2D eigenvalue weighted by atomic mass is 32.2. The molecule has 0 aromatic heterocycles. The van der Waals surface area contributed by atoms with Gasteiger partial charge in [-0.1, -0.05) is 6.92 Å². The minimum atomic E-state index is 0.810. The van der Waals surface area contributed by atoms with E-state index in [0.717, 1.165) is 12.0 Å². The first kappa shape index (κ1) is 12.7. The fraction of sp³-hybridized carbons (Fsp3) is 1.00. The summed E-state index contributed by atoms with van der Waals surface area (Å²) in [5.41, 5.74) is 0. The van der Waals surface area contributed by atoms with E-state index < -0.39 is 0 Å². The van der Waals surface area contributed by atoms with Crippen LogP contribution in [0.4, 0.5) is 0 Å². The Labute approximate surface area is 105 Å². The van der Waals surface area contributed by atoms with E-state index in [2.05, 4.69) is 28.9 Å². The fourth-order valence-corrected chi connectivity index (χ4v) is 3.98. The third kappa shape index (κ3) is 4.27. The normalized spacial score (nSPS) is 32.1. The molecule has 2 rings (SSSR count). The van der Waals surface area contributed by atoms with Crippen LogP contribution in [0.2, 0.25) is 0 Å². The van der Waals surface area contributed by atoms with Gasteiger partial charge in [-0.05, 0) is 57.0 Å². The average molecular weight is 242 g/mol. The van der Waals surface area contributed by atoms with Crippen molar-refractivity contribution in [3.63, 3.8) is 0 Å². The van der Waals surface area contributed by atoms with E-state index in [9.17, 15) is 0 Å². The van der Waals surface area contributed by atoms with Crippen molar-refractivity contribution in [2.24, 2.45) is 5.92 Å². The summed E-state index contributed by atoms with van der Waals surface area (Å²) in [6.07, 6.45) is 5.56. The summed E-state index contributed by atoms with van der Waals surface area (Å²) in [7, 11) is 0. The molecule has 0 aromatic carbocycles. The number of hydrogen-bond donors (Lipinski definition) is 1. The van der Waals surface area contributed by atoms with E-state index >= 15 is 0 Å². The van der Waals surface area contributed by atoms with E-state index in [1.807, 2.05) is 0 Å². The first-order valence-electron chi connectivity index (χ1n) is 6.88.